The van der Waals surface area contributed by atoms with Gasteiger partial charge in [-0.1, -0.05) is 6.07 Å². The standard InChI is InChI=1S/C14H18F2N2O2.ClH/c1-8(11-4-3-10(15)7-12(11)16)18-14(19)13-9(2)20-6-5-17-13;/h3-4,7-9,13,17H,5-6H2,1-2H3,(H,18,19);1H/t8?,9-,13+;/m1./s1. The summed E-state index contributed by atoms with van der Waals surface area (Å²) >= 11 is 0. The minimum Gasteiger partial charge on any atom is -0.375 e. The van der Waals surface area contributed by atoms with Gasteiger partial charge in [0.25, 0.3) is 0 Å². The molecule has 4 nitrogen and oxygen atoms in total. The van der Waals surface area contributed by atoms with E-state index in [1.807, 2.05) is 0 Å². The Morgan fingerprint density at radius 3 is 2.81 bits per heavy atom. The second kappa shape index (κ2) is 7.68. The molecule has 0 aliphatic carbocycles. The Kier molecular flexibility index (Phi) is 6.51. The van der Waals surface area contributed by atoms with Gasteiger partial charge in [0.2, 0.25) is 5.91 Å². The molecule has 3 atom stereocenters. The van der Waals surface area contributed by atoms with Crippen LogP contribution >= 0.6 is 12.4 Å². The number of carbonyl (C=O) groups is 1. The van der Waals surface area contributed by atoms with Crippen molar-refractivity contribution in [3.05, 3.63) is 35.4 Å². The highest BCUT2D eigenvalue weighted by molar-refractivity contribution is 5.85. The van der Waals surface area contributed by atoms with E-state index in [-0.39, 0.29) is 30.0 Å². The largest absolute Gasteiger partial charge is 0.375 e. The zero-order valence-electron chi connectivity index (χ0n) is 11.9. The van der Waals surface area contributed by atoms with Gasteiger partial charge in [-0.25, -0.2) is 8.78 Å². The van der Waals surface area contributed by atoms with Gasteiger partial charge < -0.3 is 15.4 Å². The lowest BCUT2D eigenvalue weighted by Crippen LogP contribution is -2.55. The summed E-state index contributed by atoms with van der Waals surface area (Å²) in [7, 11) is 0. The molecule has 1 amide bonds. The first-order valence-electron chi connectivity index (χ1n) is 6.59. The highest BCUT2D eigenvalue weighted by atomic mass is 35.5. The van der Waals surface area contributed by atoms with E-state index in [0.717, 1.165) is 6.07 Å². The molecule has 21 heavy (non-hydrogen) atoms. The van der Waals surface area contributed by atoms with Crippen LogP contribution in [-0.2, 0) is 9.53 Å². The van der Waals surface area contributed by atoms with E-state index in [9.17, 15) is 13.6 Å². The van der Waals surface area contributed by atoms with Crippen molar-refractivity contribution in [1.82, 2.24) is 10.6 Å². The van der Waals surface area contributed by atoms with E-state index in [2.05, 4.69) is 10.6 Å². The van der Waals surface area contributed by atoms with Crippen molar-refractivity contribution in [3.8, 4) is 0 Å². The van der Waals surface area contributed by atoms with Crippen molar-refractivity contribution >= 4 is 18.3 Å². The summed E-state index contributed by atoms with van der Waals surface area (Å²) in [6.07, 6.45) is -0.242. The summed E-state index contributed by atoms with van der Waals surface area (Å²) < 4.78 is 31.9. The number of carbonyl (C=O) groups excluding carboxylic acids is 1. The molecule has 2 N–H and O–H groups in total. The molecule has 1 aromatic rings. The van der Waals surface area contributed by atoms with Gasteiger partial charge in [-0.3, -0.25) is 4.79 Å². The molecule has 1 aromatic carbocycles. The highest BCUT2D eigenvalue weighted by Gasteiger charge is 2.29. The van der Waals surface area contributed by atoms with Crippen molar-refractivity contribution in [2.45, 2.75) is 32.0 Å². The van der Waals surface area contributed by atoms with E-state index >= 15 is 0 Å². The van der Waals surface area contributed by atoms with Crippen molar-refractivity contribution in [3.63, 3.8) is 0 Å². The van der Waals surface area contributed by atoms with Gasteiger partial charge in [-0.2, -0.15) is 0 Å². The predicted molar refractivity (Wildman–Crippen MR) is 77.4 cm³/mol. The van der Waals surface area contributed by atoms with E-state index in [1.54, 1.807) is 13.8 Å². The molecule has 2 rings (SSSR count). The molecule has 0 spiro atoms. The molecule has 1 unspecified atom stereocenters. The third kappa shape index (κ3) is 4.36. The molecule has 0 saturated carbocycles. The van der Waals surface area contributed by atoms with Crippen molar-refractivity contribution in [2.75, 3.05) is 13.2 Å². The Bertz CT molecular complexity index is 502. The summed E-state index contributed by atoms with van der Waals surface area (Å²) in [6.45, 7) is 4.62. The van der Waals surface area contributed by atoms with Gasteiger partial charge in [-0.15, -0.1) is 12.4 Å². The number of nitrogens with one attached hydrogen (secondary N) is 2. The SMILES string of the molecule is CC(NC(=O)[C@H]1NCCO[C@@H]1C)c1ccc(F)cc1F.Cl. The topological polar surface area (TPSA) is 50.4 Å². The first-order valence-corrected chi connectivity index (χ1v) is 6.59. The van der Waals surface area contributed by atoms with E-state index < -0.39 is 23.7 Å². The van der Waals surface area contributed by atoms with Gasteiger partial charge in [0.15, 0.2) is 0 Å². The Labute approximate surface area is 128 Å². The average Bonchev–Trinajstić information content (AvgIpc) is 2.38. The molecule has 1 aliphatic rings. The van der Waals surface area contributed by atoms with Gasteiger partial charge in [0.1, 0.15) is 17.7 Å². The molecule has 118 valence electrons. The van der Waals surface area contributed by atoms with Gasteiger partial charge >= 0.3 is 0 Å². The van der Waals surface area contributed by atoms with Crippen LogP contribution in [0.15, 0.2) is 18.2 Å². The van der Waals surface area contributed by atoms with Crippen molar-refractivity contribution in [1.29, 1.82) is 0 Å². The minimum atomic E-state index is -0.668. The number of ether oxygens (including phenoxy) is 1. The monoisotopic (exact) mass is 320 g/mol. The van der Waals surface area contributed by atoms with Gasteiger partial charge in [0.05, 0.1) is 18.8 Å². The van der Waals surface area contributed by atoms with E-state index in [1.165, 1.54) is 12.1 Å². The number of halogens is 3. The first kappa shape index (κ1) is 17.8. The molecular weight excluding hydrogens is 302 g/mol. The van der Waals surface area contributed by atoms with Crippen LogP contribution in [0.1, 0.15) is 25.5 Å². The molecule has 1 fully saturated rings. The van der Waals surface area contributed by atoms with Crippen LogP contribution in [0.5, 0.6) is 0 Å². The number of hydrogen-bond donors (Lipinski definition) is 2. The minimum absolute atomic E-state index is 0. The lowest BCUT2D eigenvalue weighted by Gasteiger charge is -2.30. The van der Waals surface area contributed by atoms with Crippen LogP contribution in [0.4, 0.5) is 8.78 Å². The Balaban J connectivity index is 0.00000220. The van der Waals surface area contributed by atoms with Crippen molar-refractivity contribution < 1.29 is 18.3 Å². The molecule has 7 heteroatoms. The van der Waals surface area contributed by atoms with Crippen LogP contribution in [0.3, 0.4) is 0 Å². The van der Waals surface area contributed by atoms with Crippen LogP contribution in [0.2, 0.25) is 0 Å². The number of rotatable bonds is 3. The van der Waals surface area contributed by atoms with Gasteiger partial charge in [-0.05, 0) is 19.9 Å². The quantitative estimate of drug-likeness (QED) is 0.895. The molecule has 0 aromatic heterocycles. The van der Waals surface area contributed by atoms with E-state index in [0.29, 0.717) is 13.2 Å². The second-order valence-electron chi connectivity index (χ2n) is 4.90. The van der Waals surface area contributed by atoms with Crippen LogP contribution in [0, 0.1) is 11.6 Å². The maximum absolute atomic E-state index is 13.6. The van der Waals surface area contributed by atoms with Crippen LogP contribution in [-0.4, -0.2) is 31.2 Å². The Morgan fingerprint density at radius 2 is 2.19 bits per heavy atom. The summed E-state index contributed by atoms with van der Waals surface area (Å²) in [5.41, 5.74) is 0.254. The van der Waals surface area contributed by atoms with Gasteiger partial charge in [0, 0.05) is 18.2 Å². The van der Waals surface area contributed by atoms with E-state index in [4.69, 9.17) is 4.74 Å². The highest BCUT2D eigenvalue weighted by Crippen LogP contribution is 2.18. The predicted octanol–water partition coefficient (Wildman–Crippen LogP) is 1.94. The molecule has 1 heterocycles. The Hall–Kier alpha value is -1.24. The molecule has 0 radical (unpaired) electrons. The first-order chi connectivity index (χ1) is 9.49. The third-order valence-electron chi connectivity index (χ3n) is 3.39. The smallest absolute Gasteiger partial charge is 0.240 e. The fourth-order valence-electron chi connectivity index (χ4n) is 2.26. The summed E-state index contributed by atoms with van der Waals surface area (Å²) in [5, 5.41) is 5.77. The molecule has 1 saturated heterocycles. The number of hydrogen-bond acceptors (Lipinski definition) is 3. The fraction of sp³-hybridized carbons (Fsp3) is 0.500. The number of morpholine rings is 1. The lowest BCUT2D eigenvalue weighted by molar-refractivity contribution is -0.129. The van der Waals surface area contributed by atoms with Crippen molar-refractivity contribution in [2.24, 2.45) is 0 Å². The second-order valence-corrected chi connectivity index (χ2v) is 4.90. The average molecular weight is 321 g/mol. The molecular formula is C14H19ClF2N2O2. The lowest BCUT2D eigenvalue weighted by atomic mass is 10.1. The normalized spacial score (nSPS) is 23.0. The summed E-state index contributed by atoms with van der Waals surface area (Å²) in [5.74, 6) is -1.56. The van der Waals surface area contributed by atoms with Crippen LogP contribution in [0.25, 0.3) is 0 Å². The zero-order chi connectivity index (χ0) is 14.7. The molecule has 0 bridgehead atoms. The maximum atomic E-state index is 13.6. The maximum Gasteiger partial charge on any atom is 0.240 e. The Morgan fingerprint density at radius 1 is 1.48 bits per heavy atom. The summed E-state index contributed by atoms with van der Waals surface area (Å²) in [4.78, 5) is 12.1. The molecule has 1 aliphatic heterocycles. The van der Waals surface area contributed by atoms with Crippen LogP contribution < -0.4 is 10.6 Å². The third-order valence-corrected chi connectivity index (χ3v) is 3.39. The summed E-state index contributed by atoms with van der Waals surface area (Å²) in [6, 6.07) is 2.31. The number of benzene rings is 1. The fourth-order valence-corrected chi connectivity index (χ4v) is 2.26. The number of amides is 1. The zero-order valence-corrected chi connectivity index (χ0v) is 12.7.